The number of fused-ring (bicyclic) bond motifs is 3. The number of benzene rings is 5. The normalized spacial score (nSPS) is 11.7. The van der Waals surface area contributed by atoms with Crippen LogP contribution in [0.15, 0.2) is 140 Å². The van der Waals surface area contributed by atoms with Crippen LogP contribution in [-0.4, -0.2) is 15.2 Å². The molecule has 7 rings (SSSR count). The first-order valence-electron chi connectivity index (χ1n) is 12.3. The fraction of sp³-hybridized carbons (Fsp3) is 0. The van der Waals surface area contributed by atoms with Crippen molar-refractivity contribution in [1.29, 1.82) is 0 Å². The van der Waals surface area contributed by atoms with Gasteiger partial charge in [-0.1, -0.05) is 100 Å². The summed E-state index contributed by atoms with van der Waals surface area (Å²) < 4.78 is 3.96. The molecular weight excluding hydrogens is 661 g/mol. The van der Waals surface area contributed by atoms with Gasteiger partial charge in [0.1, 0.15) is 0 Å². The Bertz CT molecular complexity index is 1840. The fourth-order valence-electron chi connectivity index (χ4n) is 4.48. The molecule has 5 heteroatoms. The SMILES string of the molecule is C1=[N+](c2ccccc2)C=C[N+]=1c1ccccc1.[Au+].[C-]#[N+]c1ccc2[n-]c3ccc(-c4ccccc4)cc3c2c1. The van der Waals surface area contributed by atoms with Crippen LogP contribution in [0.4, 0.5) is 17.1 Å². The van der Waals surface area contributed by atoms with Crippen molar-refractivity contribution in [1.82, 2.24) is 4.98 Å². The number of rotatable bonds is 3. The molecule has 1 aliphatic rings. The van der Waals surface area contributed by atoms with E-state index in [4.69, 9.17) is 6.57 Å². The van der Waals surface area contributed by atoms with Gasteiger partial charge in [0.15, 0.2) is 5.69 Å². The first-order chi connectivity index (χ1) is 18.8. The summed E-state index contributed by atoms with van der Waals surface area (Å²) in [5, 5.41) is 2.16. The predicted octanol–water partition coefficient (Wildman–Crippen LogP) is 8.50. The van der Waals surface area contributed by atoms with E-state index >= 15 is 0 Å². The molecular formula is C34H23AuN4+2. The zero-order valence-electron chi connectivity index (χ0n) is 20.9. The van der Waals surface area contributed by atoms with E-state index in [0.29, 0.717) is 5.69 Å². The Balaban J connectivity index is 0.000000157. The minimum Gasteiger partial charge on any atom is -0.657 e. The van der Waals surface area contributed by atoms with Crippen molar-refractivity contribution in [3.05, 3.63) is 151 Å². The van der Waals surface area contributed by atoms with E-state index in [1.807, 2.05) is 94.3 Å². The van der Waals surface area contributed by atoms with Gasteiger partial charge in [-0.05, 0) is 34.0 Å². The van der Waals surface area contributed by atoms with E-state index in [1.165, 1.54) is 11.1 Å². The summed E-state index contributed by atoms with van der Waals surface area (Å²) in [6.07, 6.45) is 4.00. The van der Waals surface area contributed by atoms with Gasteiger partial charge in [0.2, 0.25) is 11.4 Å². The van der Waals surface area contributed by atoms with Crippen molar-refractivity contribution >= 4 is 44.9 Å². The van der Waals surface area contributed by atoms with Gasteiger partial charge in [-0.2, -0.15) is 0 Å². The van der Waals surface area contributed by atoms with Crippen molar-refractivity contribution < 1.29 is 31.5 Å². The number of nitrogens with zero attached hydrogens (tertiary/aromatic N) is 4. The van der Waals surface area contributed by atoms with Crippen LogP contribution in [0.2, 0.25) is 0 Å². The van der Waals surface area contributed by atoms with Crippen molar-refractivity contribution in [3.8, 4) is 11.1 Å². The molecule has 0 amide bonds. The van der Waals surface area contributed by atoms with E-state index in [9.17, 15) is 0 Å². The second kappa shape index (κ2) is 11.8. The molecule has 0 N–H and O–H groups in total. The summed E-state index contributed by atoms with van der Waals surface area (Å²) in [6.45, 7) is 7.16. The van der Waals surface area contributed by atoms with Gasteiger partial charge in [-0.3, -0.25) is 0 Å². The molecule has 0 radical (unpaired) electrons. The van der Waals surface area contributed by atoms with Gasteiger partial charge in [0, 0.05) is 24.3 Å². The fourth-order valence-corrected chi connectivity index (χ4v) is 4.48. The second-order valence-electron chi connectivity index (χ2n) is 8.83. The molecule has 4 nitrogen and oxygen atoms in total. The molecule has 6 aromatic rings. The zero-order valence-corrected chi connectivity index (χ0v) is 23.0. The minimum atomic E-state index is 0. The second-order valence-corrected chi connectivity index (χ2v) is 8.83. The summed E-state index contributed by atoms with van der Waals surface area (Å²) in [6, 6.07) is 45.9. The molecule has 0 saturated heterocycles. The van der Waals surface area contributed by atoms with Gasteiger partial charge in [-0.15, -0.1) is 11.0 Å². The molecule has 5 aromatic carbocycles. The Kier molecular flexibility index (Phi) is 7.80. The zero-order chi connectivity index (χ0) is 25.7. The van der Waals surface area contributed by atoms with Crippen molar-refractivity contribution in [3.63, 3.8) is 0 Å². The monoisotopic (exact) mass is 684 g/mol. The minimum absolute atomic E-state index is 0. The Hall–Kier alpha value is -4.75. The Morgan fingerprint density at radius 2 is 1.08 bits per heavy atom. The van der Waals surface area contributed by atoms with Crippen LogP contribution < -0.4 is 4.98 Å². The summed E-state index contributed by atoms with van der Waals surface area (Å²) in [5.74, 6) is 0. The van der Waals surface area contributed by atoms with Crippen LogP contribution >= 0.6 is 0 Å². The van der Waals surface area contributed by atoms with Crippen LogP contribution in [0, 0.1) is 6.57 Å². The van der Waals surface area contributed by atoms with Crippen molar-refractivity contribution in [2.45, 2.75) is 0 Å². The Morgan fingerprint density at radius 1 is 0.564 bits per heavy atom. The molecule has 0 bridgehead atoms. The molecule has 0 atom stereocenters. The number of para-hydroxylation sites is 2. The standard InChI is InChI=1S/C19H11N2.C15H12N2.Au/c1-20-15-8-10-19-17(12-15)16-11-14(7-9-18(16)21-19)13-5-3-2-4-6-13;1-3-7-14(8-4-1)16-11-12-17(13-16)15-9-5-2-6-10-15;/h2-12H;1-12H;/q-1;+2;+1. The third-order valence-electron chi connectivity index (χ3n) is 6.39. The molecule has 188 valence electrons. The Morgan fingerprint density at radius 3 is 1.64 bits per heavy atom. The molecule has 2 heterocycles. The first-order valence-corrected chi connectivity index (χ1v) is 12.3. The van der Waals surface area contributed by atoms with E-state index in [-0.39, 0.29) is 22.4 Å². The molecule has 39 heavy (non-hydrogen) atoms. The van der Waals surface area contributed by atoms with Gasteiger partial charge >= 0.3 is 28.4 Å². The quantitative estimate of drug-likeness (QED) is 0.104. The Labute approximate surface area is 242 Å². The van der Waals surface area contributed by atoms with Gasteiger partial charge in [-0.25, -0.2) is 4.85 Å². The van der Waals surface area contributed by atoms with Crippen molar-refractivity contribution in [2.75, 3.05) is 0 Å². The molecule has 0 unspecified atom stereocenters. The summed E-state index contributed by atoms with van der Waals surface area (Å²) in [5.41, 5.74) is 7.17. The van der Waals surface area contributed by atoms with Gasteiger partial charge in [0.05, 0.1) is 6.57 Å². The average molecular weight is 685 g/mol. The predicted molar refractivity (Wildman–Crippen MR) is 153 cm³/mol. The summed E-state index contributed by atoms with van der Waals surface area (Å²) in [7, 11) is 0. The number of hydrogen-bond donors (Lipinski definition) is 0. The van der Waals surface area contributed by atoms with Crippen LogP contribution in [0.3, 0.4) is 0 Å². The number of hydrogen-bond acceptors (Lipinski definition) is 0. The topological polar surface area (TPSA) is 24.5 Å². The molecule has 0 aliphatic carbocycles. The average Bonchev–Trinajstić information content (AvgIpc) is 3.64. The van der Waals surface area contributed by atoms with Crippen LogP contribution in [-0.2, 0) is 22.4 Å². The maximum atomic E-state index is 7.16. The van der Waals surface area contributed by atoms with Crippen molar-refractivity contribution in [2.24, 2.45) is 0 Å². The van der Waals surface area contributed by atoms with Crippen LogP contribution in [0.1, 0.15) is 0 Å². The molecule has 0 spiro atoms. The first kappa shape index (κ1) is 25.9. The largest absolute Gasteiger partial charge is 1.00 e. The molecule has 0 saturated carbocycles. The summed E-state index contributed by atoms with van der Waals surface area (Å²) >= 11 is 0. The smallest absolute Gasteiger partial charge is 0.657 e. The number of aromatic nitrogens is 1. The maximum Gasteiger partial charge on any atom is 1.00 e. The van der Waals surface area contributed by atoms with Gasteiger partial charge in [0.25, 0.3) is 12.4 Å². The third-order valence-corrected chi connectivity index (χ3v) is 6.39. The molecule has 1 aromatic heterocycles. The van der Waals surface area contributed by atoms with E-state index in [0.717, 1.165) is 33.2 Å². The van der Waals surface area contributed by atoms with Crippen LogP contribution in [0.5, 0.6) is 0 Å². The van der Waals surface area contributed by atoms with E-state index < -0.39 is 0 Å². The van der Waals surface area contributed by atoms with E-state index in [1.54, 1.807) is 0 Å². The third kappa shape index (κ3) is 5.58. The molecule has 0 fully saturated rings. The van der Waals surface area contributed by atoms with Crippen LogP contribution in [0.25, 0.3) is 37.8 Å². The molecule has 1 aliphatic heterocycles. The summed E-state index contributed by atoms with van der Waals surface area (Å²) in [4.78, 5) is 8.13. The maximum absolute atomic E-state index is 7.16. The van der Waals surface area contributed by atoms with E-state index in [2.05, 4.69) is 70.4 Å². The van der Waals surface area contributed by atoms with Gasteiger partial charge < -0.3 is 4.98 Å².